The van der Waals surface area contributed by atoms with E-state index in [1.807, 2.05) is 0 Å². The Labute approximate surface area is 135 Å². The van der Waals surface area contributed by atoms with Gasteiger partial charge in [-0.05, 0) is 28.8 Å². The molecule has 0 spiro atoms. The summed E-state index contributed by atoms with van der Waals surface area (Å²) >= 11 is 1.31. The third kappa shape index (κ3) is 6.06. The zero-order chi connectivity index (χ0) is 9.84. The second-order valence-electron chi connectivity index (χ2n) is 2.50. The minimum atomic E-state index is -1.39. The van der Waals surface area contributed by atoms with Gasteiger partial charge in [-0.25, -0.2) is 0 Å². The van der Waals surface area contributed by atoms with E-state index >= 15 is 0 Å². The molecule has 0 saturated carbocycles. The van der Waals surface area contributed by atoms with E-state index in [0.29, 0.717) is 5.56 Å². The molecule has 0 saturated heterocycles. The monoisotopic (exact) mass is 244 g/mol. The van der Waals surface area contributed by atoms with Gasteiger partial charge in [-0.15, -0.1) is 0 Å². The minimum absolute atomic E-state index is 0. The van der Waals surface area contributed by atoms with Crippen LogP contribution in [0.25, 0.3) is 0 Å². The molecular formula is C8H6Na2O4S. The molecule has 1 rings (SSSR count). The number of rotatable bonds is 4. The summed E-state index contributed by atoms with van der Waals surface area (Å²) in [5, 5.41) is 24.0. The molecule has 1 atom stereocenters. The molecule has 0 fully saturated rings. The molecule has 70 valence electrons. The Morgan fingerprint density at radius 2 is 1.93 bits per heavy atom. The van der Waals surface area contributed by atoms with Crippen molar-refractivity contribution >= 4 is 23.3 Å². The molecule has 0 aliphatic rings. The van der Waals surface area contributed by atoms with Crippen molar-refractivity contribution in [3.05, 3.63) is 22.4 Å². The molecule has 0 bridgehead atoms. The molecule has 0 N–H and O–H groups in total. The van der Waals surface area contributed by atoms with E-state index in [2.05, 4.69) is 0 Å². The van der Waals surface area contributed by atoms with Crippen LogP contribution in [0.2, 0.25) is 0 Å². The number of carbonyl (C=O) groups excluding carboxylic acids is 2. The molecule has 0 amide bonds. The third-order valence-electron chi connectivity index (χ3n) is 1.60. The molecule has 1 aromatic rings. The first-order valence-corrected chi connectivity index (χ1v) is 4.48. The average Bonchev–Trinajstić information content (AvgIpc) is 2.50. The largest absolute Gasteiger partial charge is 1.00 e. The molecule has 0 unspecified atom stereocenters. The summed E-state index contributed by atoms with van der Waals surface area (Å²) in [6.45, 7) is 0. The Balaban J connectivity index is 0. The predicted molar refractivity (Wildman–Crippen MR) is 41.7 cm³/mol. The zero-order valence-corrected chi connectivity index (χ0v) is 13.4. The Morgan fingerprint density at radius 1 is 1.33 bits per heavy atom. The number of carbonyl (C=O) groups is 2. The van der Waals surface area contributed by atoms with Crippen LogP contribution < -0.4 is 69.3 Å². The van der Waals surface area contributed by atoms with Crippen molar-refractivity contribution in [2.45, 2.75) is 12.3 Å². The first kappa shape index (κ1) is 18.0. The van der Waals surface area contributed by atoms with Gasteiger partial charge in [0.2, 0.25) is 0 Å². The molecule has 0 aliphatic carbocycles. The quantitative estimate of drug-likeness (QED) is 0.493. The van der Waals surface area contributed by atoms with E-state index in [1.54, 1.807) is 16.8 Å². The normalized spacial score (nSPS) is 10.7. The molecular weight excluding hydrogens is 238 g/mol. The Kier molecular flexibility index (Phi) is 10.5. The molecule has 0 aliphatic heterocycles. The van der Waals surface area contributed by atoms with Crippen LogP contribution in [0.15, 0.2) is 16.8 Å². The number of carboxylic acids is 2. The molecule has 4 nitrogen and oxygen atoms in total. The summed E-state index contributed by atoms with van der Waals surface area (Å²) in [5.41, 5.74) is 0.453. The van der Waals surface area contributed by atoms with Crippen molar-refractivity contribution < 1.29 is 78.9 Å². The van der Waals surface area contributed by atoms with E-state index in [1.165, 1.54) is 11.3 Å². The molecule has 15 heavy (non-hydrogen) atoms. The Hall–Kier alpha value is 0.640. The standard InChI is InChI=1S/C8H8O4S.2Na/c9-7(10)3-6(8(11)12)5-1-2-13-4-5;;/h1-2,4,6H,3H2,(H,9,10)(H,11,12);;/q;2*+1/p-2/t6-;;/m0../s1. The average molecular weight is 244 g/mol. The minimum Gasteiger partial charge on any atom is -0.550 e. The fourth-order valence-corrected chi connectivity index (χ4v) is 1.69. The van der Waals surface area contributed by atoms with Crippen LogP contribution in [-0.2, 0) is 9.59 Å². The van der Waals surface area contributed by atoms with E-state index in [9.17, 15) is 19.8 Å². The van der Waals surface area contributed by atoms with Crippen molar-refractivity contribution in [1.29, 1.82) is 0 Å². The van der Waals surface area contributed by atoms with Gasteiger partial charge in [-0.1, -0.05) is 0 Å². The summed E-state index contributed by atoms with van der Waals surface area (Å²) in [6.07, 6.45) is -0.543. The van der Waals surface area contributed by atoms with Crippen molar-refractivity contribution in [3.8, 4) is 0 Å². The second kappa shape index (κ2) is 8.75. The first-order valence-electron chi connectivity index (χ1n) is 3.54. The van der Waals surface area contributed by atoms with Gasteiger partial charge in [0, 0.05) is 17.9 Å². The number of carboxylic acid groups (broad SMARTS) is 2. The summed E-state index contributed by atoms with van der Waals surface area (Å²) < 4.78 is 0. The SMILES string of the molecule is O=C([O-])C[C@H](C(=O)[O-])c1ccsc1.[Na+].[Na+]. The summed E-state index contributed by atoms with van der Waals surface area (Å²) in [4.78, 5) is 20.7. The van der Waals surface area contributed by atoms with E-state index < -0.39 is 24.3 Å². The maximum atomic E-state index is 10.5. The van der Waals surface area contributed by atoms with Crippen LogP contribution in [0.3, 0.4) is 0 Å². The van der Waals surface area contributed by atoms with Gasteiger partial charge in [0.25, 0.3) is 0 Å². The molecule has 0 radical (unpaired) electrons. The first-order chi connectivity index (χ1) is 6.11. The fourth-order valence-electron chi connectivity index (χ4n) is 0.977. The molecule has 7 heteroatoms. The van der Waals surface area contributed by atoms with Gasteiger partial charge in [0.15, 0.2) is 0 Å². The maximum absolute atomic E-state index is 10.5. The van der Waals surface area contributed by atoms with Gasteiger partial charge in [-0.3, -0.25) is 0 Å². The summed E-state index contributed by atoms with van der Waals surface area (Å²) in [6, 6.07) is 1.56. The number of hydrogen-bond acceptors (Lipinski definition) is 5. The number of aliphatic carboxylic acids is 2. The van der Waals surface area contributed by atoms with Crippen LogP contribution in [0.1, 0.15) is 17.9 Å². The molecule has 1 aromatic heterocycles. The van der Waals surface area contributed by atoms with Crippen LogP contribution in [0.4, 0.5) is 0 Å². The van der Waals surface area contributed by atoms with Crippen LogP contribution in [0.5, 0.6) is 0 Å². The van der Waals surface area contributed by atoms with Crippen LogP contribution >= 0.6 is 11.3 Å². The Bertz CT molecular complexity index is 312. The zero-order valence-electron chi connectivity index (χ0n) is 8.56. The van der Waals surface area contributed by atoms with E-state index in [0.717, 1.165) is 0 Å². The van der Waals surface area contributed by atoms with Crippen molar-refractivity contribution in [1.82, 2.24) is 0 Å². The van der Waals surface area contributed by atoms with Crippen molar-refractivity contribution in [2.24, 2.45) is 0 Å². The number of hydrogen-bond donors (Lipinski definition) is 0. The summed E-state index contributed by atoms with van der Waals surface area (Å²) in [7, 11) is 0. The third-order valence-corrected chi connectivity index (χ3v) is 2.30. The van der Waals surface area contributed by atoms with Gasteiger partial charge >= 0.3 is 59.1 Å². The van der Waals surface area contributed by atoms with Crippen LogP contribution in [0, 0.1) is 0 Å². The van der Waals surface area contributed by atoms with Gasteiger partial charge in [0.05, 0.1) is 0 Å². The second-order valence-corrected chi connectivity index (χ2v) is 3.28. The number of thiophene rings is 1. The summed E-state index contributed by atoms with van der Waals surface area (Å²) in [5.74, 6) is -3.88. The topological polar surface area (TPSA) is 80.3 Å². The van der Waals surface area contributed by atoms with Crippen molar-refractivity contribution in [3.63, 3.8) is 0 Å². The Morgan fingerprint density at radius 3 is 2.27 bits per heavy atom. The van der Waals surface area contributed by atoms with E-state index in [-0.39, 0.29) is 59.1 Å². The van der Waals surface area contributed by atoms with Gasteiger partial charge in [-0.2, -0.15) is 11.3 Å². The van der Waals surface area contributed by atoms with Crippen LogP contribution in [-0.4, -0.2) is 11.9 Å². The van der Waals surface area contributed by atoms with Crippen molar-refractivity contribution in [2.75, 3.05) is 0 Å². The van der Waals surface area contributed by atoms with Gasteiger partial charge < -0.3 is 19.8 Å². The predicted octanol–water partition coefficient (Wildman–Crippen LogP) is -7.27. The van der Waals surface area contributed by atoms with E-state index in [4.69, 9.17) is 0 Å². The fraction of sp³-hybridized carbons (Fsp3) is 0.250. The maximum Gasteiger partial charge on any atom is 1.00 e. The smallest absolute Gasteiger partial charge is 0.550 e. The molecule has 1 heterocycles. The molecule has 0 aromatic carbocycles. The van der Waals surface area contributed by atoms with Gasteiger partial charge in [0.1, 0.15) is 0 Å².